The van der Waals surface area contributed by atoms with Gasteiger partial charge >= 0.3 is 12.1 Å². The van der Waals surface area contributed by atoms with Crippen molar-refractivity contribution in [1.29, 1.82) is 0 Å². The molecular weight excluding hydrogens is 436 g/mol. The van der Waals surface area contributed by atoms with Crippen LogP contribution in [0.5, 0.6) is 0 Å². The molecule has 2 heterocycles. The van der Waals surface area contributed by atoms with Gasteiger partial charge in [-0.25, -0.2) is 9.59 Å². The number of carboxylic acid groups (broad SMARTS) is 1. The van der Waals surface area contributed by atoms with Crippen LogP contribution in [0.25, 0.3) is 11.1 Å². The molecule has 1 aliphatic carbocycles. The SMILES string of the molecule is O=C(N[C@H]1CCO[C@H]1C(=O)N1CCCCC1C(=O)O)OCC1c2ccccc2-c2ccccc21. The monoisotopic (exact) mass is 464 g/mol. The quantitative estimate of drug-likeness (QED) is 0.704. The second-order valence-corrected chi connectivity index (χ2v) is 9.04. The Labute approximate surface area is 197 Å². The molecule has 2 N–H and O–H groups in total. The van der Waals surface area contributed by atoms with E-state index in [1.165, 1.54) is 4.90 Å². The smallest absolute Gasteiger partial charge is 0.407 e. The van der Waals surface area contributed by atoms with E-state index in [-0.39, 0.29) is 18.4 Å². The maximum Gasteiger partial charge on any atom is 0.407 e. The number of benzene rings is 2. The van der Waals surface area contributed by atoms with Gasteiger partial charge in [0.25, 0.3) is 5.91 Å². The van der Waals surface area contributed by atoms with Crippen molar-refractivity contribution in [3.8, 4) is 11.1 Å². The van der Waals surface area contributed by atoms with Crippen LogP contribution in [0.3, 0.4) is 0 Å². The molecule has 3 aliphatic rings. The van der Waals surface area contributed by atoms with Gasteiger partial charge in [-0.1, -0.05) is 48.5 Å². The Morgan fingerprint density at radius 3 is 2.35 bits per heavy atom. The van der Waals surface area contributed by atoms with Gasteiger partial charge in [0.2, 0.25) is 0 Å². The van der Waals surface area contributed by atoms with Crippen molar-refractivity contribution in [2.75, 3.05) is 19.8 Å². The van der Waals surface area contributed by atoms with Gasteiger partial charge in [-0.15, -0.1) is 0 Å². The van der Waals surface area contributed by atoms with Crippen molar-refractivity contribution >= 4 is 18.0 Å². The number of aliphatic carboxylic acids is 1. The van der Waals surface area contributed by atoms with Gasteiger partial charge in [0, 0.05) is 19.1 Å². The van der Waals surface area contributed by atoms with Crippen molar-refractivity contribution < 1.29 is 29.0 Å². The lowest BCUT2D eigenvalue weighted by Crippen LogP contribution is -2.55. The molecule has 0 saturated carbocycles. The average Bonchev–Trinajstić information content (AvgIpc) is 3.44. The van der Waals surface area contributed by atoms with E-state index in [4.69, 9.17) is 9.47 Å². The first-order valence-electron chi connectivity index (χ1n) is 11.8. The van der Waals surface area contributed by atoms with Gasteiger partial charge in [0.1, 0.15) is 12.6 Å². The fraction of sp³-hybridized carbons (Fsp3) is 0.423. The van der Waals surface area contributed by atoms with E-state index in [1.807, 2.05) is 24.3 Å². The van der Waals surface area contributed by atoms with Crippen LogP contribution in [-0.4, -0.2) is 65.9 Å². The van der Waals surface area contributed by atoms with E-state index < -0.39 is 30.3 Å². The van der Waals surface area contributed by atoms with Crippen LogP contribution in [0, 0.1) is 0 Å². The first-order chi connectivity index (χ1) is 16.5. The molecule has 2 fully saturated rings. The maximum atomic E-state index is 13.1. The number of hydrogen-bond donors (Lipinski definition) is 2. The van der Waals surface area contributed by atoms with Crippen LogP contribution < -0.4 is 5.32 Å². The lowest BCUT2D eigenvalue weighted by atomic mass is 9.98. The number of ether oxygens (including phenoxy) is 2. The molecular formula is C26H28N2O6. The standard InChI is InChI=1S/C26H28N2O6/c29-24(28-13-6-5-11-22(28)25(30)31)23-21(12-14-33-23)27-26(32)34-15-20-18-9-3-1-7-16(18)17-8-2-4-10-19(17)20/h1-4,7-10,20-23H,5-6,11-15H2,(H,27,32)(H,30,31)/t21-,22?,23+/m0/s1. The highest BCUT2D eigenvalue weighted by Crippen LogP contribution is 2.44. The summed E-state index contributed by atoms with van der Waals surface area (Å²) in [5.74, 6) is -1.44. The van der Waals surface area contributed by atoms with Crippen LogP contribution in [-0.2, 0) is 19.1 Å². The van der Waals surface area contributed by atoms with E-state index in [2.05, 4.69) is 29.6 Å². The Morgan fingerprint density at radius 1 is 1.00 bits per heavy atom. The number of amides is 2. The molecule has 1 unspecified atom stereocenters. The lowest BCUT2D eigenvalue weighted by Gasteiger charge is -2.35. The number of carboxylic acids is 1. The molecule has 2 aliphatic heterocycles. The largest absolute Gasteiger partial charge is 0.480 e. The number of nitrogens with zero attached hydrogens (tertiary/aromatic N) is 1. The normalized spacial score (nSPS) is 23.8. The number of nitrogens with one attached hydrogen (secondary N) is 1. The molecule has 8 nitrogen and oxygen atoms in total. The number of likely N-dealkylation sites (tertiary alicyclic amines) is 1. The second-order valence-electron chi connectivity index (χ2n) is 9.04. The Bertz CT molecular complexity index is 1060. The molecule has 2 saturated heterocycles. The zero-order chi connectivity index (χ0) is 23.7. The zero-order valence-electron chi connectivity index (χ0n) is 18.8. The van der Waals surface area contributed by atoms with Crippen LogP contribution in [0.4, 0.5) is 4.79 Å². The minimum Gasteiger partial charge on any atom is -0.480 e. The first kappa shape index (κ1) is 22.4. The van der Waals surface area contributed by atoms with Crippen LogP contribution in [0.15, 0.2) is 48.5 Å². The molecule has 8 heteroatoms. The molecule has 2 amide bonds. The average molecular weight is 465 g/mol. The van der Waals surface area contributed by atoms with Crippen LogP contribution >= 0.6 is 0 Å². The molecule has 3 atom stereocenters. The summed E-state index contributed by atoms with van der Waals surface area (Å²) < 4.78 is 11.2. The van der Waals surface area contributed by atoms with Gasteiger partial charge in [-0.2, -0.15) is 0 Å². The Balaban J connectivity index is 1.23. The minimum absolute atomic E-state index is 0.0555. The number of rotatable bonds is 5. The third-order valence-corrected chi connectivity index (χ3v) is 7.05. The lowest BCUT2D eigenvalue weighted by molar-refractivity contribution is -0.157. The van der Waals surface area contributed by atoms with Gasteiger partial charge in [-0.3, -0.25) is 4.79 Å². The molecule has 178 valence electrons. The number of hydrogen-bond acceptors (Lipinski definition) is 5. The highest BCUT2D eigenvalue weighted by Gasteiger charge is 2.42. The summed E-state index contributed by atoms with van der Waals surface area (Å²) in [6.07, 6.45) is 0.911. The summed E-state index contributed by atoms with van der Waals surface area (Å²) in [6, 6.07) is 14.8. The van der Waals surface area contributed by atoms with Crippen molar-refractivity contribution in [2.24, 2.45) is 0 Å². The predicted octanol–water partition coefficient (Wildman–Crippen LogP) is 3.15. The molecule has 2 aromatic rings. The van der Waals surface area contributed by atoms with E-state index >= 15 is 0 Å². The molecule has 2 aromatic carbocycles. The van der Waals surface area contributed by atoms with Crippen LogP contribution in [0.2, 0.25) is 0 Å². The molecule has 0 bridgehead atoms. The summed E-state index contributed by atoms with van der Waals surface area (Å²) >= 11 is 0. The van der Waals surface area contributed by atoms with Gasteiger partial charge in [-0.05, 0) is 47.9 Å². The fourth-order valence-electron chi connectivity index (χ4n) is 5.39. The second kappa shape index (κ2) is 9.46. The minimum atomic E-state index is -1.01. The highest BCUT2D eigenvalue weighted by atomic mass is 16.6. The number of fused-ring (bicyclic) bond motifs is 3. The van der Waals surface area contributed by atoms with Gasteiger partial charge in [0.05, 0.1) is 6.04 Å². The third kappa shape index (κ3) is 4.14. The van der Waals surface area contributed by atoms with E-state index in [9.17, 15) is 19.5 Å². The van der Waals surface area contributed by atoms with Gasteiger partial charge in [0.15, 0.2) is 6.10 Å². The summed E-state index contributed by atoms with van der Waals surface area (Å²) in [6.45, 7) is 0.878. The van der Waals surface area contributed by atoms with E-state index in [0.29, 0.717) is 26.0 Å². The van der Waals surface area contributed by atoms with Crippen LogP contribution in [0.1, 0.15) is 42.7 Å². The molecule has 0 radical (unpaired) electrons. The van der Waals surface area contributed by atoms with Crippen molar-refractivity contribution in [2.45, 2.75) is 49.8 Å². The molecule has 0 aromatic heterocycles. The Hall–Kier alpha value is -3.39. The van der Waals surface area contributed by atoms with Crippen molar-refractivity contribution in [3.05, 3.63) is 59.7 Å². The summed E-state index contributed by atoms with van der Waals surface area (Å²) in [7, 11) is 0. The third-order valence-electron chi connectivity index (χ3n) is 7.05. The van der Waals surface area contributed by atoms with Crippen molar-refractivity contribution in [3.63, 3.8) is 0 Å². The van der Waals surface area contributed by atoms with E-state index in [0.717, 1.165) is 35.1 Å². The number of carbonyl (C=O) groups is 3. The summed E-state index contributed by atoms with van der Waals surface area (Å²) in [5.41, 5.74) is 4.55. The zero-order valence-corrected chi connectivity index (χ0v) is 18.8. The van der Waals surface area contributed by atoms with E-state index in [1.54, 1.807) is 0 Å². The maximum absolute atomic E-state index is 13.1. The molecule has 0 spiro atoms. The van der Waals surface area contributed by atoms with Gasteiger partial charge < -0.3 is 24.8 Å². The Kier molecular flexibility index (Phi) is 6.24. The molecule has 34 heavy (non-hydrogen) atoms. The topological polar surface area (TPSA) is 105 Å². The fourth-order valence-corrected chi connectivity index (χ4v) is 5.39. The highest BCUT2D eigenvalue weighted by molar-refractivity contribution is 5.88. The number of carbonyl (C=O) groups excluding carboxylic acids is 2. The number of alkyl carbamates (subject to hydrolysis) is 1. The Morgan fingerprint density at radius 2 is 1.68 bits per heavy atom. The first-order valence-corrected chi connectivity index (χ1v) is 11.8. The summed E-state index contributed by atoms with van der Waals surface area (Å²) in [4.78, 5) is 38.8. The predicted molar refractivity (Wildman–Crippen MR) is 123 cm³/mol. The summed E-state index contributed by atoms with van der Waals surface area (Å²) in [5, 5.41) is 12.3. The molecule has 5 rings (SSSR count). The number of piperidine rings is 1. The van der Waals surface area contributed by atoms with Crippen molar-refractivity contribution in [1.82, 2.24) is 10.2 Å².